The molecule has 0 spiro atoms. The summed E-state index contributed by atoms with van der Waals surface area (Å²) in [6.45, 7) is 0. The lowest BCUT2D eigenvalue weighted by atomic mass is 10.2. The highest BCUT2D eigenvalue weighted by Gasteiger charge is 2.23. The number of anilines is 4. The summed E-state index contributed by atoms with van der Waals surface area (Å²) in [6.07, 6.45) is 1.31. The Kier molecular flexibility index (Phi) is 6.73. The van der Waals surface area contributed by atoms with Gasteiger partial charge in [-0.15, -0.1) is 0 Å². The third-order valence-electron chi connectivity index (χ3n) is 4.81. The van der Waals surface area contributed by atoms with E-state index in [0.717, 1.165) is 7.11 Å². The van der Waals surface area contributed by atoms with Crippen LogP contribution < -0.4 is 15.8 Å². The number of carbonyl (C=O) groups is 1. The van der Waals surface area contributed by atoms with Crippen LogP contribution in [0, 0.1) is 11.3 Å². The van der Waals surface area contributed by atoms with Crippen molar-refractivity contribution >= 4 is 50.9 Å². The molecule has 0 fully saturated rings. The number of carbonyl (C=O) groups excluding carboxylic acids is 1. The maximum absolute atomic E-state index is 13.1. The molecular formula is C22H17ClN8O4S. The molecule has 0 bridgehead atoms. The van der Waals surface area contributed by atoms with Crippen molar-refractivity contribution < 1.29 is 17.9 Å². The molecule has 4 aromatic rings. The lowest BCUT2D eigenvalue weighted by Gasteiger charge is -2.12. The first-order valence-electron chi connectivity index (χ1n) is 10.1. The van der Waals surface area contributed by atoms with E-state index in [1.165, 1.54) is 35.0 Å². The van der Waals surface area contributed by atoms with Crippen molar-refractivity contribution in [1.29, 1.82) is 5.26 Å². The van der Waals surface area contributed by atoms with Crippen LogP contribution in [-0.4, -0.2) is 41.0 Å². The van der Waals surface area contributed by atoms with E-state index in [4.69, 9.17) is 22.1 Å². The summed E-state index contributed by atoms with van der Waals surface area (Å²) in [6, 6.07) is 16.4. The molecule has 14 heteroatoms. The minimum atomic E-state index is -4.21. The molecule has 0 radical (unpaired) electrons. The van der Waals surface area contributed by atoms with Crippen LogP contribution in [0.15, 0.2) is 65.7 Å². The smallest absolute Gasteiger partial charge is 0.357 e. The van der Waals surface area contributed by atoms with Gasteiger partial charge in [-0.3, -0.25) is 0 Å². The van der Waals surface area contributed by atoms with Gasteiger partial charge in [0.25, 0.3) is 10.0 Å². The number of esters is 1. The Labute approximate surface area is 210 Å². The van der Waals surface area contributed by atoms with E-state index in [1.54, 1.807) is 24.3 Å². The number of nitrogens with two attached hydrogens (primary N) is 1. The number of sulfonamides is 1. The highest BCUT2D eigenvalue weighted by molar-refractivity contribution is 7.92. The highest BCUT2D eigenvalue weighted by atomic mass is 35.5. The molecule has 0 amide bonds. The van der Waals surface area contributed by atoms with E-state index in [0.29, 0.717) is 5.69 Å². The number of benzene rings is 2. The van der Waals surface area contributed by atoms with Crippen LogP contribution in [0.1, 0.15) is 16.1 Å². The molecule has 4 N–H and O–H groups in total. The number of nitriles is 1. The summed E-state index contributed by atoms with van der Waals surface area (Å²) < 4.78 is 34.5. The topological polar surface area (TPSA) is 178 Å². The molecule has 12 nitrogen and oxygen atoms in total. The second kappa shape index (κ2) is 9.90. The maximum atomic E-state index is 13.1. The Morgan fingerprint density at radius 3 is 2.53 bits per heavy atom. The van der Waals surface area contributed by atoms with Gasteiger partial charge in [0, 0.05) is 17.6 Å². The van der Waals surface area contributed by atoms with Gasteiger partial charge in [-0.2, -0.15) is 20.2 Å². The number of ether oxygens (including phenoxy) is 1. The molecule has 2 aromatic carbocycles. The molecule has 4 rings (SSSR count). The lowest BCUT2D eigenvalue weighted by molar-refractivity contribution is 0.0593. The Hall–Kier alpha value is -4.67. The Bertz CT molecular complexity index is 1600. The van der Waals surface area contributed by atoms with E-state index in [2.05, 4.69) is 25.0 Å². The molecule has 0 atom stereocenters. The van der Waals surface area contributed by atoms with E-state index >= 15 is 0 Å². The number of aromatic nitrogens is 4. The Balaban J connectivity index is 1.68. The van der Waals surface area contributed by atoms with Gasteiger partial charge in [-0.05, 0) is 41.9 Å². The van der Waals surface area contributed by atoms with Crippen molar-refractivity contribution in [1.82, 2.24) is 19.5 Å². The monoisotopic (exact) mass is 524 g/mol. The summed E-state index contributed by atoms with van der Waals surface area (Å²) in [5, 5.41) is 12.0. The van der Waals surface area contributed by atoms with Gasteiger partial charge < -0.3 is 20.4 Å². The minimum absolute atomic E-state index is 0.0278. The average molecular weight is 525 g/mol. The first kappa shape index (κ1) is 24.5. The number of nitrogens with one attached hydrogen (secondary N) is 2. The van der Waals surface area contributed by atoms with Gasteiger partial charge in [0.1, 0.15) is 6.07 Å². The van der Waals surface area contributed by atoms with Crippen LogP contribution in [0.4, 0.5) is 23.3 Å². The second-order valence-electron chi connectivity index (χ2n) is 7.12. The van der Waals surface area contributed by atoms with Gasteiger partial charge >= 0.3 is 5.97 Å². The molecule has 36 heavy (non-hydrogen) atoms. The summed E-state index contributed by atoms with van der Waals surface area (Å²) >= 11 is 5.97. The van der Waals surface area contributed by atoms with E-state index in [-0.39, 0.29) is 44.7 Å². The predicted octanol–water partition coefficient (Wildman–Crippen LogP) is 3.10. The van der Waals surface area contributed by atoms with Crippen molar-refractivity contribution in [2.45, 2.75) is 4.90 Å². The quantitative estimate of drug-likeness (QED) is 0.304. The SMILES string of the molecule is COC(=O)c1c(N)c(C#N)cn1-c1cccc(S(=O)(=O)Nc2nc(Cl)nc(Nc3ccccc3)n2)c1. The number of hydrogen-bond acceptors (Lipinski definition) is 10. The molecule has 0 aliphatic carbocycles. The van der Waals surface area contributed by atoms with Crippen molar-refractivity contribution in [2.24, 2.45) is 0 Å². The predicted molar refractivity (Wildman–Crippen MR) is 132 cm³/mol. The first-order valence-corrected chi connectivity index (χ1v) is 11.9. The Morgan fingerprint density at radius 1 is 1.11 bits per heavy atom. The summed E-state index contributed by atoms with van der Waals surface area (Å²) in [4.78, 5) is 23.9. The van der Waals surface area contributed by atoms with E-state index < -0.39 is 16.0 Å². The maximum Gasteiger partial charge on any atom is 0.357 e. The third-order valence-corrected chi connectivity index (χ3v) is 6.31. The van der Waals surface area contributed by atoms with Crippen molar-refractivity contribution in [3.8, 4) is 11.8 Å². The van der Waals surface area contributed by atoms with Gasteiger partial charge in [0.2, 0.25) is 17.2 Å². The summed E-state index contributed by atoms with van der Waals surface area (Å²) in [5.41, 5.74) is 6.65. The largest absolute Gasteiger partial charge is 0.464 e. The van der Waals surface area contributed by atoms with E-state index in [9.17, 15) is 18.5 Å². The number of nitrogen functional groups attached to an aromatic ring is 1. The lowest BCUT2D eigenvalue weighted by Crippen LogP contribution is -2.17. The fourth-order valence-corrected chi connectivity index (χ4v) is 4.34. The zero-order chi connectivity index (χ0) is 25.9. The molecular weight excluding hydrogens is 508 g/mol. The molecule has 0 saturated carbocycles. The van der Waals surface area contributed by atoms with Gasteiger partial charge in [0.05, 0.1) is 23.3 Å². The zero-order valence-corrected chi connectivity index (χ0v) is 20.1. The van der Waals surface area contributed by atoms with E-state index in [1.807, 2.05) is 12.1 Å². The van der Waals surface area contributed by atoms with Crippen LogP contribution in [-0.2, 0) is 14.8 Å². The number of halogens is 1. The minimum Gasteiger partial charge on any atom is -0.464 e. The van der Waals surface area contributed by atoms with Crippen molar-refractivity contribution in [3.63, 3.8) is 0 Å². The standard InChI is InChI=1S/C22H17ClN8O4S/c1-35-19(32)18-17(25)13(11-24)12-31(18)15-8-5-9-16(10-15)36(33,34)30-22-28-20(23)27-21(29-22)26-14-6-3-2-4-7-14/h2-10,12H,25H2,1H3,(H2,26,27,28,29,30). The van der Waals surface area contributed by atoms with Crippen LogP contribution in [0.2, 0.25) is 5.28 Å². The molecule has 0 aliphatic rings. The van der Waals surface area contributed by atoms with Gasteiger partial charge in [-0.1, -0.05) is 24.3 Å². The fourth-order valence-electron chi connectivity index (χ4n) is 3.20. The first-order chi connectivity index (χ1) is 17.2. The second-order valence-corrected chi connectivity index (χ2v) is 9.14. The summed E-state index contributed by atoms with van der Waals surface area (Å²) in [5.74, 6) is -1.08. The molecule has 0 aliphatic heterocycles. The average Bonchev–Trinajstić information content (AvgIpc) is 3.20. The third kappa shape index (κ3) is 5.04. The fraction of sp³-hybridized carbons (Fsp3) is 0.0455. The number of rotatable bonds is 7. The molecule has 182 valence electrons. The zero-order valence-electron chi connectivity index (χ0n) is 18.5. The van der Waals surface area contributed by atoms with Crippen molar-refractivity contribution in [3.05, 3.63) is 77.3 Å². The molecule has 2 heterocycles. The number of nitrogens with zero attached hydrogens (tertiary/aromatic N) is 5. The number of hydrogen-bond donors (Lipinski definition) is 3. The summed E-state index contributed by atoms with van der Waals surface area (Å²) in [7, 11) is -3.05. The van der Waals surface area contributed by atoms with Gasteiger partial charge in [-0.25, -0.2) is 17.9 Å². The highest BCUT2D eigenvalue weighted by Crippen LogP contribution is 2.26. The number of methoxy groups -OCH3 is 1. The Morgan fingerprint density at radius 2 is 1.83 bits per heavy atom. The normalized spacial score (nSPS) is 10.9. The number of para-hydroxylation sites is 1. The van der Waals surface area contributed by atoms with Crippen LogP contribution in [0.3, 0.4) is 0 Å². The molecule has 0 unspecified atom stereocenters. The van der Waals surface area contributed by atoms with Crippen molar-refractivity contribution in [2.75, 3.05) is 22.9 Å². The van der Waals surface area contributed by atoms with Crippen LogP contribution in [0.5, 0.6) is 0 Å². The van der Waals surface area contributed by atoms with Crippen LogP contribution in [0.25, 0.3) is 5.69 Å². The van der Waals surface area contributed by atoms with Crippen LogP contribution >= 0.6 is 11.6 Å². The molecule has 0 saturated heterocycles. The molecule has 2 aromatic heterocycles. The van der Waals surface area contributed by atoms with Gasteiger partial charge in [0.15, 0.2) is 5.69 Å².